The number of thioether (sulfide) groups is 1. The number of amides is 1. The van der Waals surface area contributed by atoms with E-state index in [1.54, 1.807) is 12.5 Å². The molecule has 0 spiro atoms. The van der Waals surface area contributed by atoms with E-state index in [2.05, 4.69) is 22.4 Å². The first-order chi connectivity index (χ1) is 12.7. The highest BCUT2D eigenvalue weighted by atomic mass is 32.2. The molecule has 4 rings (SSSR count). The van der Waals surface area contributed by atoms with Gasteiger partial charge < -0.3 is 14.3 Å². The third kappa shape index (κ3) is 3.03. The molecule has 0 atom stereocenters. The number of para-hydroxylation sites is 1. The maximum absolute atomic E-state index is 13.0. The fourth-order valence-electron chi connectivity index (χ4n) is 3.07. The van der Waals surface area contributed by atoms with Crippen molar-refractivity contribution in [3.63, 3.8) is 0 Å². The van der Waals surface area contributed by atoms with Crippen molar-refractivity contribution in [2.45, 2.75) is 42.6 Å². The molecule has 7 heteroatoms. The molecule has 1 fully saturated rings. The van der Waals surface area contributed by atoms with Crippen molar-refractivity contribution in [3.05, 3.63) is 48.9 Å². The van der Waals surface area contributed by atoms with Crippen LogP contribution in [0, 0.1) is 0 Å². The van der Waals surface area contributed by atoms with Crippen molar-refractivity contribution in [1.82, 2.24) is 14.8 Å². The van der Waals surface area contributed by atoms with E-state index in [0.29, 0.717) is 0 Å². The highest BCUT2D eigenvalue weighted by molar-refractivity contribution is 8.01. The van der Waals surface area contributed by atoms with E-state index in [1.165, 1.54) is 11.8 Å². The van der Waals surface area contributed by atoms with Crippen LogP contribution >= 0.6 is 11.8 Å². The smallest absolute Gasteiger partial charge is 0.241 e. The molecule has 0 unspecified atom stereocenters. The highest BCUT2D eigenvalue weighted by Crippen LogP contribution is 2.48. The van der Waals surface area contributed by atoms with Crippen LogP contribution in [-0.4, -0.2) is 25.4 Å². The Hall–Kier alpha value is -2.54. The third-order valence-electron chi connectivity index (χ3n) is 4.71. The van der Waals surface area contributed by atoms with Crippen LogP contribution in [0.1, 0.15) is 26.2 Å². The second-order valence-electron chi connectivity index (χ2n) is 6.33. The van der Waals surface area contributed by atoms with Crippen LogP contribution in [0.2, 0.25) is 0 Å². The van der Waals surface area contributed by atoms with Crippen molar-refractivity contribution >= 4 is 23.4 Å². The average Bonchev–Trinajstić information content (AvgIpc) is 3.27. The number of aromatic nitrogens is 3. The number of nitrogens with zero attached hydrogens (tertiary/aromatic N) is 3. The van der Waals surface area contributed by atoms with Gasteiger partial charge in [-0.1, -0.05) is 30.0 Å². The Morgan fingerprint density at radius 1 is 1.27 bits per heavy atom. The molecule has 1 aromatic carbocycles. The lowest BCUT2D eigenvalue weighted by Gasteiger charge is -2.38. The van der Waals surface area contributed by atoms with Gasteiger partial charge in [0.2, 0.25) is 5.91 Å². The number of benzene rings is 1. The summed E-state index contributed by atoms with van der Waals surface area (Å²) < 4.78 is 6.71. The molecule has 0 saturated heterocycles. The summed E-state index contributed by atoms with van der Waals surface area (Å²) in [6.45, 7) is 2.78. The summed E-state index contributed by atoms with van der Waals surface area (Å²) in [5, 5.41) is 12.5. The molecular weight excluding hydrogens is 348 g/mol. The largest absolute Gasteiger partial charge is 0.472 e. The van der Waals surface area contributed by atoms with Crippen LogP contribution in [0.25, 0.3) is 11.4 Å². The zero-order valence-corrected chi connectivity index (χ0v) is 15.3. The highest BCUT2D eigenvalue weighted by Gasteiger charge is 2.46. The Morgan fingerprint density at radius 3 is 2.69 bits per heavy atom. The first-order valence-electron chi connectivity index (χ1n) is 8.73. The average molecular weight is 368 g/mol. The number of anilines is 1. The normalized spacial score (nSPS) is 15.4. The maximum atomic E-state index is 13.0. The third-order valence-corrected chi connectivity index (χ3v) is 6.17. The number of carbonyl (C=O) groups is 1. The Bertz CT molecular complexity index is 886. The van der Waals surface area contributed by atoms with E-state index in [4.69, 9.17) is 4.42 Å². The van der Waals surface area contributed by atoms with Crippen molar-refractivity contribution in [2.75, 3.05) is 5.32 Å². The molecular formula is C19H20N4O2S. The molecule has 2 heterocycles. The Kier molecular flexibility index (Phi) is 4.55. The van der Waals surface area contributed by atoms with Crippen molar-refractivity contribution in [2.24, 2.45) is 0 Å². The summed E-state index contributed by atoms with van der Waals surface area (Å²) >= 11 is 1.52. The van der Waals surface area contributed by atoms with Crippen LogP contribution in [0.15, 0.2) is 58.5 Å². The fraction of sp³-hybridized carbons (Fsp3) is 0.316. The van der Waals surface area contributed by atoms with Crippen LogP contribution in [0.5, 0.6) is 0 Å². The molecule has 0 bridgehead atoms. The molecule has 1 aliphatic carbocycles. The second kappa shape index (κ2) is 6.99. The molecule has 1 saturated carbocycles. The van der Waals surface area contributed by atoms with Gasteiger partial charge in [-0.05, 0) is 44.4 Å². The summed E-state index contributed by atoms with van der Waals surface area (Å²) in [7, 11) is 0. The molecule has 1 aliphatic rings. The summed E-state index contributed by atoms with van der Waals surface area (Å²) in [4.78, 5) is 13.0. The van der Waals surface area contributed by atoms with Crippen LogP contribution < -0.4 is 5.32 Å². The first-order valence-corrected chi connectivity index (χ1v) is 9.55. The van der Waals surface area contributed by atoms with Gasteiger partial charge in [0.05, 0.1) is 11.8 Å². The molecule has 1 N–H and O–H groups in total. The van der Waals surface area contributed by atoms with Crippen molar-refractivity contribution in [1.29, 1.82) is 0 Å². The van der Waals surface area contributed by atoms with E-state index >= 15 is 0 Å². The minimum atomic E-state index is -0.483. The van der Waals surface area contributed by atoms with Gasteiger partial charge in [0.1, 0.15) is 11.0 Å². The molecule has 6 nitrogen and oxygen atoms in total. The number of nitrogens with one attached hydrogen (secondary N) is 1. The van der Waals surface area contributed by atoms with Gasteiger partial charge in [-0.25, -0.2) is 0 Å². The summed E-state index contributed by atoms with van der Waals surface area (Å²) in [6.07, 6.45) is 6.01. The van der Waals surface area contributed by atoms with Gasteiger partial charge in [-0.3, -0.25) is 4.79 Å². The Labute approximate surface area is 156 Å². The van der Waals surface area contributed by atoms with Gasteiger partial charge in [0.15, 0.2) is 11.0 Å². The van der Waals surface area contributed by atoms with Crippen molar-refractivity contribution in [3.8, 4) is 11.4 Å². The van der Waals surface area contributed by atoms with Gasteiger partial charge in [-0.2, -0.15) is 0 Å². The van der Waals surface area contributed by atoms with E-state index < -0.39 is 4.75 Å². The molecule has 2 aromatic heterocycles. The van der Waals surface area contributed by atoms with Gasteiger partial charge >= 0.3 is 0 Å². The lowest BCUT2D eigenvalue weighted by Crippen LogP contribution is -2.46. The van der Waals surface area contributed by atoms with E-state index in [-0.39, 0.29) is 5.91 Å². The van der Waals surface area contributed by atoms with Gasteiger partial charge in [-0.15, -0.1) is 10.2 Å². The Morgan fingerprint density at radius 2 is 2.08 bits per heavy atom. The van der Waals surface area contributed by atoms with Crippen LogP contribution in [0.4, 0.5) is 5.69 Å². The molecule has 0 aliphatic heterocycles. The number of hydrogen-bond donors (Lipinski definition) is 1. The molecule has 3 aromatic rings. The zero-order valence-electron chi connectivity index (χ0n) is 14.5. The van der Waals surface area contributed by atoms with Gasteiger partial charge in [0, 0.05) is 12.2 Å². The first kappa shape index (κ1) is 16.9. The summed E-state index contributed by atoms with van der Waals surface area (Å²) in [5.74, 6) is 0.803. The number of carbonyl (C=O) groups excluding carboxylic acids is 1. The number of hydrogen-bond acceptors (Lipinski definition) is 5. The maximum Gasteiger partial charge on any atom is 0.241 e. The monoisotopic (exact) mass is 368 g/mol. The van der Waals surface area contributed by atoms with Crippen LogP contribution in [0.3, 0.4) is 0 Å². The topological polar surface area (TPSA) is 73.0 Å². The lowest BCUT2D eigenvalue weighted by molar-refractivity contribution is -0.120. The lowest BCUT2D eigenvalue weighted by atomic mass is 9.83. The standard InChI is InChI=1S/C19H20N4O2S/c1-2-23-16(14-9-12-25-13-14)21-22-18(23)26-19(10-6-11-19)17(24)20-15-7-4-3-5-8-15/h3-5,7-9,12-13H,2,6,10-11H2,1H3,(H,20,24). The Balaban J connectivity index is 1.58. The predicted molar refractivity (Wildman–Crippen MR) is 101 cm³/mol. The SMILES string of the molecule is CCn1c(SC2(C(=O)Nc3ccccc3)CCC2)nnc1-c1ccoc1. The van der Waals surface area contributed by atoms with E-state index in [0.717, 1.165) is 48.0 Å². The van der Waals surface area contributed by atoms with Gasteiger partial charge in [0.25, 0.3) is 0 Å². The molecule has 0 radical (unpaired) electrons. The summed E-state index contributed by atoms with van der Waals surface area (Å²) in [5.41, 5.74) is 1.71. The number of rotatable bonds is 6. The zero-order chi connectivity index (χ0) is 18.0. The minimum Gasteiger partial charge on any atom is -0.472 e. The van der Waals surface area contributed by atoms with E-state index in [9.17, 15) is 4.79 Å². The predicted octanol–water partition coefficient (Wildman–Crippen LogP) is 4.21. The summed E-state index contributed by atoms with van der Waals surface area (Å²) in [6, 6.07) is 11.4. The van der Waals surface area contributed by atoms with Crippen LogP contribution in [-0.2, 0) is 11.3 Å². The van der Waals surface area contributed by atoms with Crippen molar-refractivity contribution < 1.29 is 9.21 Å². The number of furan rings is 1. The molecule has 134 valence electrons. The molecule has 26 heavy (non-hydrogen) atoms. The second-order valence-corrected chi connectivity index (χ2v) is 7.68. The minimum absolute atomic E-state index is 0.0375. The molecule has 1 amide bonds. The van der Waals surface area contributed by atoms with E-state index in [1.807, 2.05) is 41.0 Å². The quantitative estimate of drug-likeness (QED) is 0.705. The fourth-order valence-corrected chi connectivity index (χ4v) is 4.46.